The van der Waals surface area contributed by atoms with Crippen molar-refractivity contribution in [2.24, 2.45) is 0 Å². The van der Waals surface area contributed by atoms with Crippen LogP contribution in [0.25, 0.3) is 0 Å². The lowest BCUT2D eigenvalue weighted by molar-refractivity contribution is -0.248. The minimum Gasteiger partial charge on any atom is -0.330 e. The summed E-state index contributed by atoms with van der Waals surface area (Å²) in [5.74, 6) is 0. The normalized spacial score (nSPS) is 21.6. The van der Waals surface area contributed by atoms with Gasteiger partial charge in [0.1, 0.15) is 6.10 Å². The molecule has 0 amide bonds. The highest BCUT2D eigenvalue weighted by Gasteiger charge is 2.53. The molecule has 3 aromatic carbocycles. The van der Waals surface area contributed by atoms with Crippen LogP contribution in [0.3, 0.4) is 0 Å². The molecule has 2 atom stereocenters. The molecule has 1 heterocycles. The van der Waals surface area contributed by atoms with Crippen molar-refractivity contribution < 1.29 is 14.2 Å². The molecule has 0 bridgehead atoms. The molecule has 0 aliphatic carbocycles. The highest BCUT2D eigenvalue weighted by molar-refractivity contribution is 5.42. The Balaban J connectivity index is 1.92. The third-order valence-electron chi connectivity index (χ3n) is 4.71. The Hall–Kier alpha value is -2.46. The zero-order valence-electron chi connectivity index (χ0n) is 14.7. The molecule has 0 aromatic heterocycles. The van der Waals surface area contributed by atoms with Gasteiger partial charge in [0.05, 0.1) is 0 Å². The smallest absolute Gasteiger partial charge is 0.273 e. The van der Waals surface area contributed by atoms with Gasteiger partial charge in [0.2, 0.25) is 0 Å². The first kappa shape index (κ1) is 17.0. The Kier molecular flexibility index (Phi) is 4.85. The van der Waals surface area contributed by atoms with Gasteiger partial charge in [0, 0.05) is 6.61 Å². The number of ether oxygens (including phenoxy) is 3. The van der Waals surface area contributed by atoms with Gasteiger partial charge in [-0.15, -0.1) is 0 Å². The molecule has 132 valence electrons. The lowest BCUT2D eigenvalue weighted by Crippen LogP contribution is -2.33. The third kappa shape index (κ3) is 2.95. The van der Waals surface area contributed by atoms with E-state index in [-0.39, 0.29) is 6.10 Å². The average molecular weight is 346 g/mol. The predicted molar refractivity (Wildman–Crippen MR) is 100 cm³/mol. The summed E-state index contributed by atoms with van der Waals surface area (Å²) in [6, 6.07) is 30.7. The molecule has 3 nitrogen and oxygen atoms in total. The average Bonchev–Trinajstić information content (AvgIpc) is 3.11. The molecule has 0 radical (unpaired) electrons. The van der Waals surface area contributed by atoms with Gasteiger partial charge in [0.25, 0.3) is 6.48 Å². The number of benzene rings is 3. The molecule has 1 saturated heterocycles. The van der Waals surface area contributed by atoms with Gasteiger partial charge < -0.3 is 14.2 Å². The minimum absolute atomic E-state index is 0.315. The van der Waals surface area contributed by atoms with E-state index in [0.29, 0.717) is 6.61 Å². The Morgan fingerprint density at radius 1 is 0.769 bits per heavy atom. The highest BCUT2D eigenvalue weighted by atomic mass is 16.9. The van der Waals surface area contributed by atoms with E-state index in [1.165, 1.54) is 0 Å². The van der Waals surface area contributed by atoms with Crippen molar-refractivity contribution in [3.05, 3.63) is 108 Å². The van der Waals surface area contributed by atoms with E-state index in [1.807, 2.05) is 61.5 Å². The zero-order chi connectivity index (χ0) is 17.8. The maximum Gasteiger partial charge on any atom is 0.273 e. The summed E-state index contributed by atoms with van der Waals surface area (Å²) < 4.78 is 18.5. The van der Waals surface area contributed by atoms with E-state index in [0.717, 1.165) is 16.7 Å². The summed E-state index contributed by atoms with van der Waals surface area (Å²) >= 11 is 0. The topological polar surface area (TPSA) is 27.7 Å². The van der Waals surface area contributed by atoms with Gasteiger partial charge in [0.15, 0.2) is 5.60 Å². The van der Waals surface area contributed by atoms with Crippen molar-refractivity contribution in [2.45, 2.75) is 25.1 Å². The number of hydrogen-bond acceptors (Lipinski definition) is 3. The summed E-state index contributed by atoms with van der Waals surface area (Å²) in [5.41, 5.74) is 2.37. The SMILES string of the molecule is CCOC1OC(c2ccccc2)C(c2ccccc2)(c2ccccc2)O1. The molecule has 3 heteroatoms. The van der Waals surface area contributed by atoms with Gasteiger partial charge >= 0.3 is 0 Å². The van der Waals surface area contributed by atoms with Crippen molar-refractivity contribution in [1.29, 1.82) is 0 Å². The van der Waals surface area contributed by atoms with E-state index >= 15 is 0 Å². The van der Waals surface area contributed by atoms with Crippen LogP contribution in [0.1, 0.15) is 29.7 Å². The van der Waals surface area contributed by atoms with Crippen molar-refractivity contribution in [3.8, 4) is 0 Å². The molecule has 1 aliphatic heterocycles. The summed E-state index contributed by atoms with van der Waals surface area (Å²) in [5, 5.41) is 0. The highest BCUT2D eigenvalue weighted by Crippen LogP contribution is 2.52. The lowest BCUT2D eigenvalue weighted by atomic mass is 9.79. The summed E-state index contributed by atoms with van der Waals surface area (Å²) in [6.45, 7) is 1.74. The fourth-order valence-corrected chi connectivity index (χ4v) is 3.58. The van der Waals surface area contributed by atoms with E-state index in [2.05, 4.69) is 36.4 Å². The second kappa shape index (κ2) is 7.42. The summed E-state index contributed by atoms with van der Waals surface area (Å²) in [6.07, 6.45) is -0.315. The lowest BCUT2D eigenvalue weighted by Gasteiger charge is -2.33. The van der Waals surface area contributed by atoms with Crippen LogP contribution in [0.5, 0.6) is 0 Å². The molecule has 0 spiro atoms. The fourth-order valence-electron chi connectivity index (χ4n) is 3.58. The van der Waals surface area contributed by atoms with Crippen LogP contribution in [0.15, 0.2) is 91.0 Å². The molecule has 0 N–H and O–H groups in total. The van der Waals surface area contributed by atoms with Gasteiger partial charge in [-0.3, -0.25) is 0 Å². The molecule has 4 rings (SSSR count). The predicted octanol–water partition coefficient (Wildman–Crippen LogP) is 5.04. The Morgan fingerprint density at radius 3 is 1.77 bits per heavy atom. The second-order valence-corrected chi connectivity index (χ2v) is 6.26. The Morgan fingerprint density at radius 2 is 1.27 bits per heavy atom. The molecule has 1 fully saturated rings. The van der Waals surface area contributed by atoms with E-state index in [9.17, 15) is 0 Å². The third-order valence-corrected chi connectivity index (χ3v) is 4.71. The van der Waals surface area contributed by atoms with Crippen molar-refractivity contribution in [2.75, 3.05) is 6.61 Å². The van der Waals surface area contributed by atoms with E-state index in [4.69, 9.17) is 14.2 Å². The van der Waals surface area contributed by atoms with E-state index in [1.54, 1.807) is 0 Å². The molecular weight excluding hydrogens is 324 g/mol. The van der Waals surface area contributed by atoms with Crippen LogP contribution in [-0.2, 0) is 19.8 Å². The van der Waals surface area contributed by atoms with Crippen LogP contribution < -0.4 is 0 Å². The zero-order valence-corrected chi connectivity index (χ0v) is 14.7. The maximum absolute atomic E-state index is 6.48. The molecule has 0 saturated carbocycles. The first-order valence-corrected chi connectivity index (χ1v) is 8.95. The van der Waals surface area contributed by atoms with Crippen molar-refractivity contribution in [3.63, 3.8) is 0 Å². The molecule has 2 unspecified atom stereocenters. The van der Waals surface area contributed by atoms with Gasteiger partial charge in [-0.1, -0.05) is 91.0 Å². The Labute approximate surface area is 154 Å². The molecule has 1 aliphatic rings. The van der Waals surface area contributed by atoms with Crippen LogP contribution in [0, 0.1) is 0 Å². The molecule has 26 heavy (non-hydrogen) atoms. The van der Waals surface area contributed by atoms with Gasteiger partial charge in [-0.25, -0.2) is 0 Å². The summed E-state index contributed by atoms with van der Waals surface area (Å²) in [4.78, 5) is 0. The Bertz CT molecular complexity index is 778. The number of rotatable bonds is 5. The van der Waals surface area contributed by atoms with Crippen molar-refractivity contribution >= 4 is 0 Å². The van der Waals surface area contributed by atoms with Gasteiger partial charge in [-0.05, 0) is 23.6 Å². The first-order valence-electron chi connectivity index (χ1n) is 8.95. The quantitative estimate of drug-likeness (QED) is 0.648. The summed E-state index contributed by atoms with van der Waals surface area (Å²) in [7, 11) is 0. The van der Waals surface area contributed by atoms with E-state index < -0.39 is 12.1 Å². The van der Waals surface area contributed by atoms with Gasteiger partial charge in [-0.2, -0.15) is 0 Å². The molecular formula is C23H22O3. The van der Waals surface area contributed by atoms with Crippen LogP contribution >= 0.6 is 0 Å². The van der Waals surface area contributed by atoms with Crippen LogP contribution in [0.2, 0.25) is 0 Å². The van der Waals surface area contributed by atoms with Crippen LogP contribution in [-0.4, -0.2) is 13.1 Å². The monoisotopic (exact) mass is 346 g/mol. The molecule has 3 aromatic rings. The van der Waals surface area contributed by atoms with Crippen LogP contribution in [0.4, 0.5) is 0 Å². The fraction of sp³-hybridized carbons (Fsp3) is 0.217. The number of hydrogen-bond donors (Lipinski definition) is 0. The second-order valence-electron chi connectivity index (χ2n) is 6.26. The largest absolute Gasteiger partial charge is 0.330 e. The van der Waals surface area contributed by atoms with Crippen molar-refractivity contribution in [1.82, 2.24) is 0 Å². The standard InChI is InChI=1S/C23H22O3/c1-2-24-22-25-21(18-12-6-3-7-13-18)23(26-22,19-14-8-4-9-15-19)20-16-10-5-11-17-20/h3-17,21-22H,2H2,1H3. The first-order chi connectivity index (χ1) is 12.8. The maximum atomic E-state index is 6.48. The minimum atomic E-state index is -0.774.